The zero-order chi connectivity index (χ0) is 23.4. The van der Waals surface area contributed by atoms with E-state index in [0.717, 1.165) is 0 Å². The molecule has 0 fully saturated rings. The van der Waals surface area contributed by atoms with Gasteiger partial charge in [0.05, 0.1) is 12.6 Å². The fourth-order valence-electron chi connectivity index (χ4n) is 2.37. The van der Waals surface area contributed by atoms with E-state index >= 15 is 0 Å². The molecule has 3 atom stereocenters. The van der Waals surface area contributed by atoms with Crippen LogP contribution in [0.4, 0.5) is 0 Å². The third-order valence-electron chi connectivity index (χ3n) is 4.27. The highest BCUT2D eigenvalue weighted by Gasteiger charge is 2.28. The quantitative estimate of drug-likeness (QED) is 0.0970. The van der Waals surface area contributed by atoms with Gasteiger partial charge in [-0.1, -0.05) is 27.7 Å². The topological polar surface area (TPSA) is 215 Å². The minimum absolute atomic E-state index is 0.102. The first-order chi connectivity index (χ1) is 13.9. The lowest BCUT2D eigenvalue weighted by molar-refractivity contribution is -0.142. The molecule has 3 amide bonds. The number of hydrogen-bond acceptors (Lipinski definition) is 6. The van der Waals surface area contributed by atoms with E-state index < -0.39 is 48.4 Å². The standard InChI is InChI=1S/C18H35N7O5/c1-9(2)13(19)15(27)25-14(10(3)4)16(28)23-8-12(26)24-11(17(29)30)6-5-7-22-18(20)21/h9-11,13-14H,5-8,19H2,1-4H3,(H,23,28)(H,24,26)(H,25,27)(H,29,30)(H4,20,21,22). The monoisotopic (exact) mass is 429 g/mol. The summed E-state index contributed by atoms with van der Waals surface area (Å²) in [6.07, 6.45) is 0.461. The Morgan fingerprint density at radius 3 is 2.03 bits per heavy atom. The van der Waals surface area contributed by atoms with E-state index in [0.29, 0.717) is 6.42 Å². The Labute approximate surface area is 176 Å². The van der Waals surface area contributed by atoms with Crippen LogP contribution in [0.1, 0.15) is 40.5 Å². The Kier molecular flexibility index (Phi) is 12.1. The van der Waals surface area contributed by atoms with Crippen molar-refractivity contribution >= 4 is 29.7 Å². The molecular weight excluding hydrogens is 394 g/mol. The van der Waals surface area contributed by atoms with Crippen molar-refractivity contribution in [2.24, 2.45) is 34.0 Å². The number of nitrogens with zero attached hydrogens (tertiary/aromatic N) is 1. The number of nitrogens with two attached hydrogens (primary N) is 3. The summed E-state index contributed by atoms with van der Waals surface area (Å²) in [4.78, 5) is 51.6. The molecular formula is C18H35N7O5. The number of amides is 3. The maximum atomic E-state index is 12.4. The summed E-state index contributed by atoms with van der Waals surface area (Å²) >= 11 is 0. The Morgan fingerprint density at radius 2 is 1.57 bits per heavy atom. The van der Waals surface area contributed by atoms with E-state index in [-0.39, 0.29) is 30.8 Å². The highest BCUT2D eigenvalue weighted by Crippen LogP contribution is 2.05. The van der Waals surface area contributed by atoms with Crippen molar-refractivity contribution in [3.05, 3.63) is 0 Å². The van der Waals surface area contributed by atoms with Gasteiger partial charge < -0.3 is 38.3 Å². The van der Waals surface area contributed by atoms with Crippen LogP contribution in [0.15, 0.2) is 4.99 Å². The molecule has 0 heterocycles. The predicted octanol–water partition coefficient (Wildman–Crippen LogP) is -2.15. The van der Waals surface area contributed by atoms with Crippen LogP contribution >= 0.6 is 0 Å². The van der Waals surface area contributed by atoms with Crippen molar-refractivity contribution in [3.63, 3.8) is 0 Å². The van der Waals surface area contributed by atoms with Crippen molar-refractivity contribution in [2.45, 2.75) is 58.7 Å². The molecule has 0 aromatic heterocycles. The number of nitrogens with one attached hydrogen (secondary N) is 3. The van der Waals surface area contributed by atoms with Crippen LogP contribution in [-0.4, -0.2) is 66.0 Å². The van der Waals surface area contributed by atoms with Gasteiger partial charge in [0.15, 0.2) is 5.96 Å². The molecule has 0 aliphatic carbocycles. The maximum absolute atomic E-state index is 12.4. The molecule has 30 heavy (non-hydrogen) atoms. The summed E-state index contributed by atoms with van der Waals surface area (Å²) in [5.41, 5.74) is 16.2. The van der Waals surface area contributed by atoms with Crippen LogP contribution < -0.4 is 33.2 Å². The zero-order valence-electron chi connectivity index (χ0n) is 18.0. The molecule has 0 aromatic carbocycles. The molecule has 172 valence electrons. The SMILES string of the molecule is CC(C)C(N)C(=O)NC(C(=O)NCC(=O)NC(CCCN=C(N)N)C(=O)O)C(C)C. The molecule has 0 aliphatic heterocycles. The van der Waals surface area contributed by atoms with E-state index in [9.17, 15) is 24.3 Å². The Morgan fingerprint density at radius 1 is 0.967 bits per heavy atom. The first kappa shape index (κ1) is 27.1. The third-order valence-corrected chi connectivity index (χ3v) is 4.27. The number of carbonyl (C=O) groups excluding carboxylic acids is 3. The van der Waals surface area contributed by atoms with Gasteiger partial charge in [-0.15, -0.1) is 0 Å². The third kappa shape index (κ3) is 10.6. The van der Waals surface area contributed by atoms with Crippen molar-refractivity contribution < 1.29 is 24.3 Å². The van der Waals surface area contributed by atoms with E-state index in [1.165, 1.54) is 0 Å². The zero-order valence-corrected chi connectivity index (χ0v) is 18.0. The fourth-order valence-corrected chi connectivity index (χ4v) is 2.37. The minimum atomic E-state index is -1.21. The van der Waals surface area contributed by atoms with Gasteiger partial charge in [0, 0.05) is 6.54 Å². The second kappa shape index (κ2) is 13.4. The predicted molar refractivity (Wildman–Crippen MR) is 112 cm³/mol. The van der Waals surface area contributed by atoms with E-state index in [1.54, 1.807) is 27.7 Å². The van der Waals surface area contributed by atoms with Crippen LogP contribution in [0.3, 0.4) is 0 Å². The Balaban J connectivity index is 4.71. The summed E-state index contributed by atoms with van der Waals surface area (Å²) in [6, 6.07) is -2.80. The van der Waals surface area contributed by atoms with Gasteiger partial charge in [0.1, 0.15) is 12.1 Å². The van der Waals surface area contributed by atoms with Crippen LogP contribution in [0.2, 0.25) is 0 Å². The fraction of sp³-hybridized carbons (Fsp3) is 0.722. The first-order valence-electron chi connectivity index (χ1n) is 9.78. The maximum Gasteiger partial charge on any atom is 0.326 e. The molecule has 12 heteroatoms. The van der Waals surface area contributed by atoms with E-state index in [2.05, 4.69) is 20.9 Å². The van der Waals surface area contributed by atoms with Gasteiger partial charge in [-0.25, -0.2) is 4.79 Å². The molecule has 0 spiro atoms. The van der Waals surface area contributed by atoms with Crippen molar-refractivity contribution in [2.75, 3.05) is 13.1 Å². The average molecular weight is 430 g/mol. The molecule has 0 aliphatic rings. The summed E-state index contributed by atoms with van der Waals surface area (Å²) in [5, 5.41) is 16.5. The van der Waals surface area contributed by atoms with Gasteiger partial charge in [-0.3, -0.25) is 19.4 Å². The second-order valence-electron chi connectivity index (χ2n) is 7.63. The Bertz CT molecular complexity index is 632. The molecule has 0 aromatic rings. The minimum Gasteiger partial charge on any atom is -0.480 e. The van der Waals surface area contributed by atoms with Crippen LogP contribution in [-0.2, 0) is 19.2 Å². The smallest absolute Gasteiger partial charge is 0.326 e. The molecule has 3 unspecified atom stereocenters. The van der Waals surface area contributed by atoms with E-state index in [4.69, 9.17) is 17.2 Å². The average Bonchev–Trinajstić information content (AvgIpc) is 2.64. The van der Waals surface area contributed by atoms with Gasteiger partial charge in [0.25, 0.3) is 0 Å². The van der Waals surface area contributed by atoms with Gasteiger partial charge in [0.2, 0.25) is 17.7 Å². The van der Waals surface area contributed by atoms with E-state index in [1.807, 2.05) is 0 Å². The molecule has 0 saturated carbocycles. The number of guanidine groups is 1. The van der Waals surface area contributed by atoms with Crippen LogP contribution in [0, 0.1) is 11.8 Å². The normalized spacial score (nSPS) is 13.8. The molecule has 0 saturated heterocycles. The largest absolute Gasteiger partial charge is 0.480 e. The first-order valence-corrected chi connectivity index (χ1v) is 9.78. The van der Waals surface area contributed by atoms with Crippen molar-refractivity contribution in [3.8, 4) is 0 Å². The van der Waals surface area contributed by atoms with Crippen LogP contribution in [0.25, 0.3) is 0 Å². The number of carbonyl (C=O) groups is 4. The van der Waals surface area contributed by atoms with Crippen molar-refractivity contribution in [1.29, 1.82) is 0 Å². The number of carboxylic acid groups (broad SMARTS) is 1. The number of aliphatic imine (C=N–C) groups is 1. The number of rotatable bonds is 13. The Hall–Kier alpha value is -2.89. The highest BCUT2D eigenvalue weighted by molar-refractivity contribution is 5.92. The lowest BCUT2D eigenvalue weighted by Crippen LogP contribution is -2.56. The lowest BCUT2D eigenvalue weighted by Gasteiger charge is -2.24. The van der Waals surface area contributed by atoms with Crippen molar-refractivity contribution in [1.82, 2.24) is 16.0 Å². The molecule has 0 radical (unpaired) electrons. The summed E-state index contributed by atoms with van der Waals surface area (Å²) in [7, 11) is 0. The summed E-state index contributed by atoms with van der Waals surface area (Å²) in [6.45, 7) is 6.84. The van der Waals surface area contributed by atoms with Gasteiger partial charge >= 0.3 is 5.97 Å². The molecule has 0 rings (SSSR count). The van der Waals surface area contributed by atoms with Gasteiger partial charge in [-0.2, -0.15) is 0 Å². The lowest BCUT2D eigenvalue weighted by atomic mass is 10.0. The number of carboxylic acids is 1. The molecule has 12 nitrogen and oxygen atoms in total. The van der Waals surface area contributed by atoms with Crippen LogP contribution in [0.5, 0.6) is 0 Å². The summed E-state index contributed by atoms with van der Waals surface area (Å²) in [5.74, 6) is -3.38. The van der Waals surface area contributed by atoms with Gasteiger partial charge in [-0.05, 0) is 24.7 Å². The summed E-state index contributed by atoms with van der Waals surface area (Å²) < 4.78 is 0. The molecule has 10 N–H and O–H groups in total. The number of aliphatic carboxylic acids is 1. The second-order valence-corrected chi connectivity index (χ2v) is 7.63. The highest BCUT2D eigenvalue weighted by atomic mass is 16.4. The number of hydrogen-bond donors (Lipinski definition) is 7. The molecule has 0 bridgehead atoms.